The molecule has 150 valence electrons. The topological polar surface area (TPSA) is 47.9 Å². The molecular formula is C23H35NO3. The molecule has 7 unspecified atom stereocenters. The Labute approximate surface area is 163 Å². The molecule has 4 heteroatoms. The highest BCUT2D eigenvalue weighted by Gasteiger charge is 2.63. The molecule has 4 fully saturated rings. The van der Waals surface area contributed by atoms with E-state index in [4.69, 9.17) is 9.47 Å². The Morgan fingerprint density at radius 1 is 0.926 bits per heavy atom. The lowest BCUT2D eigenvalue weighted by molar-refractivity contribution is -0.216. The fourth-order valence-corrected chi connectivity index (χ4v) is 8.51. The minimum Gasteiger partial charge on any atom is -0.348 e. The third-order valence-corrected chi connectivity index (χ3v) is 9.87. The van der Waals surface area contributed by atoms with Gasteiger partial charge in [0.15, 0.2) is 5.79 Å². The van der Waals surface area contributed by atoms with Gasteiger partial charge in [0.25, 0.3) is 0 Å². The maximum atomic E-state index is 11.1. The van der Waals surface area contributed by atoms with Crippen LogP contribution in [0.3, 0.4) is 0 Å². The van der Waals surface area contributed by atoms with Gasteiger partial charge in [-0.2, -0.15) is 0 Å². The first-order valence-corrected chi connectivity index (χ1v) is 11.2. The summed E-state index contributed by atoms with van der Waals surface area (Å²) in [6.07, 6.45) is 12.0. The van der Waals surface area contributed by atoms with Crippen molar-refractivity contribution in [2.75, 3.05) is 13.2 Å². The Balaban J connectivity index is 1.43. The quantitative estimate of drug-likeness (QED) is 0.586. The average molecular weight is 374 g/mol. The number of ether oxygens (including phenoxy) is 2. The Hall–Kier alpha value is -0.740. The van der Waals surface area contributed by atoms with Crippen molar-refractivity contribution in [3.05, 3.63) is 16.7 Å². The van der Waals surface area contributed by atoms with Gasteiger partial charge in [0, 0.05) is 5.92 Å². The van der Waals surface area contributed by atoms with Gasteiger partial charge in [0.1, 0.15) is 0 Å². The second-order valence-corrected chi connectivity index (χ2v) is 10.7. The third kappa shape index (κ3) is 2.48. The molecule has 27 heavy (non-hydrogen) atoms. The molecule has 5 aliphatic rings. The third-order valence-electron chi connectivity index (χ3n) is 9.87. The summed E-state index contributed by atoms with van der Waals surface area (Å²) in [5.41, 5.74) is 1.52. The van der Waals surface area contributed by atoms with Crippen LogP contribution in [0.25, 0.3) is 0 Å². The molecule has 0 spiro atoms. The van der Waals surface area contributed by atoms with Crippen LogP contribution < -0.4 is 0 Å². The number of hydrogen-bond donors (Lipinski definition) is 0. The van der Waals surface area contributed by atoms with Crippen molar-refractivity contribution in [3.63, 3.8) is 0 Å². The monoisotopic (exact) mass is 373 g/mol. The van der Waals surface area contributed by atoms with E-state index in [1.54, 1.807) is 0 Å². The number of nitroso groups, excluding NO2 is 1. The van der Waals surface area contributed by atoms with Crippen molar-refractivity contribution in [2.45, 2.75) is 77.9 Å². The molecule has 0 bridgehead atoms. The van der Waals surface area contributed by atoms with Gasteiger partial charge >= 0.3 is 0 Å². The highest BCUT2D eigenvalue weighted by atomic mass is 16.7. The first-order chi connectivity index (χ1) is 12.9. The minimum absolute atomic E-state index is 0.351. The number of hydrogen-bond acceptors (Lipinski definition) is 4. The average Bonchev–Trinajstić information content (AvgIpc) is 3.24. The van der Waals surface area contributed by atoms with Crippen molar-refractivity contribution < 1.29 is 9.47 Å². The lowest BCUT2D eigenvalue weighted by atomic mass is 9.45. The molecule has 0 amide bonds. The van der Waals surface area contributed by atoms with Gasteiger partial charge in [-0.15, -0.1) is 4.91 Å². The lowest BCUT2D eigenvalue weighted by Gasteiger charge is -2.60. The van der Waals surface area contributed by atoms with Gasteiger partial charge in [-0.25, -0.2) is 0 Å². The first-order valence-electron chi connectivity index (χ1n) is 11.2. The molecule has 7 atom stereocenters. The normalized spacial score (nSPS) is 51.1. The van der Waals surface area contributed by atoms with E-state index >= 15 is 0 Å². The molecule has 0 N–H and O–H groups in total. The van der Waals surface area contributed by atoms with Gasteiger partial charge in [-0.3, -0.25) is 0 Å². The number of rotatable bonds is 2. The summed E-state index contributed by atoms with van der Waals surface area (Å²) in [5, 5.41) is 3.28. The van der Waals surface area contributed by atoms with Crippen molar-refractivity contribution in [3.8, 4) is 0 Å². The van der Waals surface area contributed by atoms with E-state index in [1.165, 1.54) is 38.5 Å². The van der Waals surface area contributed by atoms with Gasteiger partial charge < -0.3 is 9.47 Å². The molecule has 1 saturated heterocycles. The van der Waals surface area contributed by atoms with Gasteiger partial charge in [0.2, 0.25) is 0 Å². The van der Waals surface area contributed by atoms with E-state index in [2.05, 4.69) is 32.0 Å². The highest BCUT2D eigenvalue weighted by Crippen LogP contribution is 2.68. The molecule has 0 aromatic heterocycles. The summed E-state index contributed by atoms with van der Waals surface area (Å²) in [7, 11) is 0. The number of nitrogens with zero attached hydrogens (tertiary/aromatic N) is 1. The van der Waals surface area contributed by atoms with Crippen molar-refractivity contribution in [1.82, 2.24) is 0 Å². The molecule has 4 aliphatic carbocycles. The summed E-state index contributed by atoms with van der Waals surface area (Å²) in [5.74, 6) is 3.16. The fraction of sp³-hybridized carbons (Fsp3) is 0.913. The van der Waals surface area contributed by atoms with Crippen LogP contribution in [0.2, 0.25) is 0 Å². The van der Waals surface area contributed by atoms with E-state index in [1.807, 2.05) is 0 Å². The van der Waals surface area contributed by atoms with Crippen LogP contribution >= 0.6 is 0 Å². The summed E-state index contributed by atoms with van der Waals surface area (Å²) in [6, 6.07) is 0. The first kappa shape index (κ1) is 18.3. The smallest absolute Gasteiger partial charge is 0.169 e. The molecule has 5 rings (SSSR count). The van der Waals surface area contributed by atoms with Crippen LogP contribution in [0.15, 0.2) is 16.9 Å². The number of fused-ring (bicyclic) bond motifs is 5. The van der Waals surface area contributed by atoms with E-state index in [-0.39, 0.29) is 5.79 Å². The summed E-state index contributed by atoms with van der Waals surface area (Å²) >= 11 is 0. The van der Waals surface area contributed by atoms with Crippen LogP contribution in [0.5, 0.6) is 0 Å². The van der Waals surface area contributed by atoms with Crippen LogP contribution in [-0.2, 0) is 9.47 Å². The lowest BCUT2D eigenvalue weighted by Crippen LogP contribution is -2.54. The minimum atomic E-state index is -0.366. The van der Waals surface area contributed by atoms with Crippen molar-refractivity contribution in [2.24, 2.45) is 45.6 Å². The maximum Gasteiger partial charge on any atom is 0.169 e. The van der Waals surface area contributed by atoms with Gasteiger partial charge in [-0.05, 0) is 98.0 Å². The molecule has 0 radical (unpaired) electrons. The largest absolute Gasteiger partial charge is 0.348 e. The summed E-state index contributed by atoms with van der Waals surface area (Å²) in [4.78, 5) is 11.1. The van der Waals surface area contributed by atoms with E-state index in [0.29, 0.717) is 22.7 Å². The molecule has 0 aromatic rings. The Bertz CT molecular complexity index is 654. The van der Waals surface area contributed by atoms with Gasteiger partial charge in [0.05, 0.1) is 18.9 Å². The highest BCUT2D eigenvalue weighted by molar-refractivity contribution is 5.18. The predicted molar refractivity (Wildman–Crippen MR) is 105 cm³/mol. The second kappa shape index (κ2) is 6.13. The van der Waals surface area contributed by atoms with Crippen LogP contribution in [-0.4, -0.2) is 19.0 Å². The van der Waals surface area contributed by atoms with E-state index < -0.39 is 0 Å². The SMILES string of the molecule is CC1(C2CCC3C4CCC5C=C(N=O)CCC5(C)C4CCC32C)OCCO1. The zero-order valence-corrected chi connectivity index (χ0v) is 17.2. The van der Waals surface area contributed by atoms with Gasteiger partial charge in [-0.1, -0.05) is 19.9 Å². The Morgan fingerprint density at radius 3 is 2.41 bits per heavy atom. The zero-order chi connectivity index (χ0) is 18.9. The fourth-order valence-electron chi connectivity index (χ4n) is 8.51. The van der Waals surface area contributed by atoms with Crippen molar-refractivity contribution in [1.29, 1.82) is 0 Å². The molecule has 3 saturated carbocycles. The molecular weight excluding hydrogens is 338 g/mol. The predicted octanol–water partition coefficient (Wildman–Crippen LogP) is 5.67. The standard InChI is InChI=1S/C23H35NO3/c1-21-10-8-16(24-25)14-15(21)4-5-17-18-6-7-20(23(3)26-12-13-27-23)22(18,2)11-9-19(17)21/h14-15,17-20H,4-13H2,1-3H3. The maximum absolute atomic E-state index is 11.1. The molecule has 0 aromatic carbocycles. The summed E-state index contributed by atoms with van der Waals surface area (Å²) in [6.45, 7) is 8.76. The Morgan fingerprint density at radius 2 is 1.67 bits per heavy atom. The molecule has 1 aliphatic heterocycles. The van der Waals surface area contributed by atoms with E-state index in [0.717, 1.165) is 49.5 Å². The number of allylic oxidation sites excluding steroid dienone is 2. The van der Waals surface area contributed by atoms with Crippen molar-refractivity contribution >= 4 is 0 Å². The van der Waals surface area contributed by atoms with Crippen LogP contribution in [0, 0.1) is 45.3 Å². The van der Waals surface area contributed by atoms with E-state index in [9.17, 15) is 4.91 Å². The Kier molecular flexibility index (Phi) is 4.15. The van der Waals surface area contributed by atoms with Crippen LogP contribution in [0.4, 0.5) is 0 Å². The second-order valence-electron chi connectivity index (χ2n) is 10.7. The summed E-state index contributed by atoms with van der Waals surface area (Å²) < 4.78 is 12.3. The molecule has 4 nitrogen and oxygen atoms in total. The molecule has 1 heterocycles. The van der Waals surface area contributed by atoms with Crippen LogP contribution in [0.1, 0.15) is 72.1 Å². The zero-order valence-electron chi connectivity index (χ0n) is 17.2.